The Morgan fingerprint density at radius 1 is 0.929 bits per heavy atom. The minimum atomic E-state index is -4.52. The van der Waals surface area contributed by atoms with Gasteiger partial charge in [0, 0.05) is 0 Å². The molecule has 0 aliphatic heterocycles. The van der Waals surface area contributed by atoms with E-state index in [1.54, 1.807) is 30.3 Å². The van der Waals surface area contributed by atoms with Crippen LogP contribution < -0.4 is 0 Å². The highest BCUT2D eigenvalue weighted by Gasteiger charge is 2.32. The fourth-order valence-electron chi connectivity index (χ4n) is 2.39. The quantitative estimate of drug-likeness (QED) is 0.445. The van der Waals surface area contributed by atoms with Gasteiger partial charge in [-0.05, 0) is 16.0 Å². The van der Waals surface area contributed by atoms with Gasteiger partial charge in [-0.25, -0.2) is 9.67 Å². The van der Waals surface area contributed by atoms with E-state index in [1.165, 1.54) is 6.20 Å². The molecule has 0 fully saturated rings. The molecule has 28 heavy (non-hydrogen) atoms. The Morgan fingerprint density at radius 3 is 2.25 bits per heavy atom. The maximum absolute atomic E-state index is 13.0. The summed E-state index contributed by atoms with van der Waals surface area (Å²) < 4.78 is 78.3. The first kappa shape index (κ1) is 20.2. The van der Waals surface area contributed by atoms with Crippen LogP contribution in [0.3, 0.4) is 0 Å². The topological polar surface area (TPSA) is 61.4 Å². The summed E-state index contributed by atoms with van der Waals surface area (Å²) in [5.74, 6) is -0.295. The van der Waals surface area contributed by atoms with Crippen LogP contribution >= 0.6 is 11.8 Å². The van der Waals surface area contributed by atoms with Crippen molar-refractivity contribution in [2.24, 2.45) is 0 Å². The van der Waals surface area contributed by atoms with Crippen LogP contribution in [0.25, 0.3) is 11.3 Å². The van der Waals surface area contributed by atoms with E-state index in [0.29, 0.717) is 10.2 Å². The van der Waals surface area contributed by atoms with Gasteiger partial charge in [-0.15, -0.1) is 5.10 Å². The predicted molar refractivity (Wildman–Crippen MR) is 87.2 cm³/mol. The summed E-state index contributed by atoms with van der Waals surface area (Å²) in [5, 5.41) is 9.96. The van der Waals surface area contributed by atoms with Gasteiger partial charge in [-0.3, -0.25) is 0 Å². The number of rotatable bonds is 6. The largest absolute Gasteiger partial charge is 0.408 e. The van der Waals surface area contributed by atoms with Crippen molar-refractivity contribution < 1.29 is 26.3 Å². The summed E-state index contributed by atoms with van der Waals surface area (Å²) in [4.78, 5) is 4.01. The van der Waals surface area contributed by atoms with Crippen LogP contribution in [0.4, 0.5) is 26.3 Å². The highest BCUT2D eigenvalue weighted by molar-refractivity contribution is 7.98. The van der Waals surface area contributed by atoms with Crippen LogP contribution in [-0.4, -0.2) is 42.1 Å². The van der Waals surface area contributed by atoms with Crippen molar-refractivity contribution in [1.29, 1.82) is 0 Å². The molecule has 1 aromatic carbocycles. The predicted octanol–water partition coefficient (Wildman–Crippen LogP) is 3.95. The third kappa shape index (κ3) is 5.24. The number of alkyl halides is 6. The van der Waals surface area contributed by atoms with E-state index in [9.17, 15) is 26.3 Å². The molecule has 150 valence electrons. The first-order valence-electron chi connectivity index (χ1n) is 7.75. The fourth-order valence-corrected chi connectivity index (χ4v) is 3.30. The summed E-state index contributed by atoms with van der Waals surface area (Å²) in [6.45, 7) is -2.67. The van der Waals surface area contributed by atoms with Crippen molar-refractivity contribution in [2.45, 2.75) is 36.4 Å². The normalized spacial score (nSPS) is 12.5. The Balaban J connectivity index is 1.85. The SMILES string of the molecule is FC(F)(F)Cn1nnnc1CSc1ncc(-c2ccccc2)n1CC(F)(F)F. The second-order valence-electron chi connectivity index (χ2n) is 5.65. The molecule has 0 aliphatic carbocycles. The van der Waals surface area contributed by atoms with Gasteiger partial charge in [0.25, 0.3) is 0 Å². The summed E-state index contributed by atoms with van der Waals surface area (Å²) in [7, 11) is 0. The lowest BCUT2D eigenvalue weighted by atomic mass is 10.2. The van der Waals surface area contributed by atoms with Gasteiger partial charge in [0.1, 0.15) is 13.1 Å². The zero-order chi connectivity index (χ0) is 20.4. The highest BCUT2D eigenvalue weighted by Crippen LogP contribution is 2.31. The van der Waals surface area contributed by atoms with Crippen LogP contribution in [0.5, 0.6) is 0 Å². The van der Waals surface area contributed by atoms with Crippen molar-refractivity contribution in [1.82, 2.24) is 29.8 Å². The van der Waals surface area contributed by atoms with Gasteiger partial charge in [-0.2, -0.15) is 26.3 Å². The molecule has 0 saturated carbocycles. The van der Waals surface area contributed by atoms with E-state index in [2.05, 4.69) is 20.5 Å². The molecule has 0 amide bonds. The van der Waals surface area contributed by atoms with Crippen LogP contribution in [-0.2, 0) is 18.8 Å². The molecule has 0 unspecified atom stereocenters. The molecule has 3 rings (SSSR count). The molecule has 2 heterocycles. The number of halogens is 6. The van der Waals surface area contributed by atoms with Gasteiger partial charge >= 0.3 is 12.4 Å². The molecular formula is C15H12F6N6S. The average molecular weight is 422 g/mol. The summed E-state index contributed by atoms with van der Waals surface area (Å²) in [5.41, 5.74) is 0.781. The molecular weight excluding hydrogens is 410 g/mol. The number of aromatic nitrogens is 6. The number of thioether (sulfide) groups is 1. The Hall–Kier alpha value is -2.57. The van der Waals surface area contributed by atoms with Gasteiger partial charge < -0.3 is 4.57 Å². The van der Waals surface area contributed by atoms with Gasteiger partial charge in [-0.1, -0.05) is 42.1 Å². The minimum absolute atomic E-state index is 0.00210. The van der Waals surface area contributed by atoms with Gasteiger partial charge in [0.05, 0.1) is 17.6 Å². The summed E-state index contributed by atoms with van der Waals surface area (Å²) >= 11 is 0.822. The lowest BCUT2D eigenvalue weighted by Crippen LogP contribution is -2.21. The molecule has 2 aromatic heterocycles. The zero-order valence-corrected chi connectivity index (χ0v) is 14.8. The minimum Gasteiger partial charge on any atom is -0.310 e. The van der Waals surface area contributed by atoms with Crippen molar-refractivity contribution >= 4 is 11.8 Å². The van der Waals surface area contributed by atoms with E-state index >= 15 is 0 Å². The Morgan fingerprint density at radius 2 is 1.61 bits per heavy atom. The molecule has 0 spiro atoms. The third-order valence-electron chi connectivity index (χ3n) is 3.49. The first-order chi connectivity index (χ1) is 13.1. The average Bonchev–Trinajstić information content (AvgIpc) is 3.18. The van der Waals surface area contributed by atoms with E-state index in [1.807, 2.05) is 0 Å². The smallest absolute Gasteiger partial charge is 0.310 e. The fraction of sp³-hybridized carbons (Fsp3) is 0.333. The standard InChI is InChI=1S/C15H12F6N6S/c16-14(17,18)8-26-11(10-4-2-1-3-5-10)6-22-13(26)28-7-12-23-24-25-27(12)9-15(19,20)21/h1-6H,7-9H2. The monoisotopic (exact) mass is 422 g/mol. The maximum atomic E-state index is 13.0. The van der Waals surface area contributed by atoms with Gasteiger partial charge in [0.15, 0.2) is 11.0 Å². The van der Waals surface area contributed by atoms with Crippen LogP contribution in [0.15, 0.2) is 41.7 Å². The lowest BCUT2D eigenvalue weighted by molar-refractivity contribution is -0.143. The molecule has 0 bridgehead atoms. The van der Waals surface area contributed by atoms with Crippen LogP contribution in [0.1, 0.15) is 5.82 Å². The van der Waals surface area contributed by atoms with Gasteiger partial charge in [0.2, 0.25) is 0 Å². The lowest BCUT2D eigenvalue weighted by Gasteiger charge is -2.14. The second-order valence-corrected chi connectivity index (χ2v) is 6.59. The number of hydrogen-bond acceptors (Lipinski definition) is 5. The summed E-state index contributed by atoms with van der Waals surface area (Å²) in [6.07, 6.45) is -7.73. The number of benzene rings is 1. The van der Waals surface area contributed by atoms with Crippen molar-refractivity contribution in [3.63, 3.8) is 0 Å². The second kappa shape index (κ2) is 7.81. The molecule has 0 N–H and O–H groups in total. The number of tetrazole rings is 1. The molecule has 0 saturated heterocycles. The Labute approximate surface area is 158 Å². The number of hydrogen-bond donors (Lipinski definition) is 0. The van der Waals surface area contributed by atoms with E-state index in [-0.39, 0.29) is 22.4 Å². The van der Waals surface area contributed by atoms with Crippen molar-refractivity contribution in [3.05, 3.63) is 42.4 Å². The number of nitrogens with zero attached hydrogens (tertiary/aromatic N) is 6. The third-order valence-corrected chi connectivity index (χ3v) is 4.48. The zero-order valence-electron chi connectivity index (χ0n) is 13.9. The highest BCUT2D eigenvalue weighted by atomic mass is 32.2. The van der Waals surface area contributed by atoms with E-state index in [4.69, 9.17) is 0 Å². The molecule has 3 aromatic rings. The molecule has 0 aliphatic rings. The molecule has 0 atom stereocenters. The maximum Gasteiger partial charge on any atom is 0.408 e. The number of imidazole rings is 1. The Kier molecular flexibility index (Phi) is 5.63. The first-order valence-corrected chi connectivity index (χ1v) is 8.73. The van der Waals surface area contributed by atoms with Crippen LogP contribution in [0.2, 0.25) is 0 Å². The van der Waals surface area contributed by atoms with E-state index < -0.39 is 25.4 Å². The molecule has 6 nitrogen and oxygen atoms in total. The summed E-state index contributed by atoms with van der Waals surface area (Å²) in [6, 6.07) is 8.37. The van der Waals surface area contributed by atoms with E-state index in [0.717, 1.165) is 16.3 Å². The van der Waals surface area contributed by atoms with Crippen molar-refractivity contribution in [2.75, 3.05) is 0 Å². The molecule has 0 radical (unpaired) electrons. The molecule has 13 heteroatoms. The Bertz CT molecular complexity index is 917. The van der Waals surface area contributed by atoms with Crippen LogP contribution in [0, 0.1) is 0 Å². The van der Waals surface area contributed by atoms with Crippen molar-refractivity contribution in [3.8, 4) is 11.3 Å².